The molecule has 2 aliphatic rings. The van der Waals surface area contributed by atoms with Crippen molar-refractivity contribution in [2.45, 2.75) is 19.9 Å². The van der Waals surface area contributed by atoms with E-state index in [9.17, 15) is 4.79 Å². The molecule has 0 bridgehead atoms. The van der Waals surface area contributed by atoms with Gasteiger partial charge in [-0.3, -0.25) is 0 Å². The van der Waals surface area contributed by atoms with Gasteiger partial charge in [0.25, 0.3) is 0 Å². The second-order valence-electron chi connectivity index (χ2n) is 9.06. The zero-order valence-electron chi connectivity index (χ0n) is 20.5. The molecule has 5 rings (SSSR count). The van der Waals surface area contributed by atoms with Gasteiger partial charge in [-0.05, 0) is 31.2 Å². The third kappa shape index (κ3) is 5.01. The molecule has 0 radical (unpaired) electrons. The monoisotopic (exact) mass is 471 g/mol. The summed E-state index contributed by atoms with van der Waals surface area (Å²) in [5, 5.41) is 3.01. The van der Waals surface area contributed by atoms with E-state index in [2.05, 4.69) is 64.3 Å². The molecule has 8 heteroatoms. The number of benzene rings is 2. The van der Waals surface area contributed by atoms with E-state index < -0.39 is 0 Å². The Hall–Kier alpha value is -3.81. The van der Waals surface area contributed by atoms with E-state index in [1.54, 1.807) is 0 Å². The van der Waals surface area contributed by atoms with E-state index in [0.29, 0.717) is 13.1 Å². The number of para-hydroxylation sites is 2. The molecule has 182 valence electrons. The maximum absolute atomic E-state index is 12.9. The topological polar surface area (TPSA) is 67.8 Å². The van der Waals surface area contributed by atoms with Gasteiger partial charge in [0.2, 0.25) is 5.95 Å². The zero-order valence-corrected chi connectivity index (χ0v) is 20.5. The summed E-state index contributed by atoms with van der Waals surface area (Å²) >= 11 is 0. The summed E-state index contributed by atoms with van der Waals surface area (Å²) in [5.74, 6) is 1.73. The Kier molecular flexibility index (Phi) is 6.70. The SMILES string of the molecule is CCN(C)c1nc(N2CCN(c3ccccc3)CC2)nc2c1CN(C(=O)Nc1ccccc1)CC2. The molecule has 1 fully saturated rings. The van der Waals surface area contributed by atoms with Gasteiger partial charge in [-0.2, -0.15) is 4.98 Å². The molecular weight excluding hydrogens is 438 g/mol. The van der Waals surface area contributed by atoms with Gasteiger partial charge in [0.1, 0.15) is 5.82 Å². The average molecular weight is 472 g/mol. The summed E-state index contributed by atoms with van der Waals surface area (Å²) in [6, 6.07) is 20.1. The lowest BCUT2D eigenvalue weighted by Crippen LogP contribution is -2.47. The van der Waals surface area contributed by atoms with E-state index in [1.807, 2.05) is 35.2 Å². The van der Waals surface area contributed by atoms with Crippen molar-refractivity contribution in [3.63, 3.8) is 0 Å². The maximum atomic E-state index is 12.9. The van der Waals surface area contributed by atoms with Crippen LogP contribution >= 0.6 is 0 Å². The number of piperazine rings is 1. The number of aromatic nitrogens is 2. The summed E-state index contributed by atoms with van der Waals surface area (Å²) < 4.78 is 0. The van der Waals surface area contributed by atoms with Crippen LogP contribution < -0.4 is 20.0 Å². The first-order valence-corrected chi connectivity index (χ1v) is 12.4. The standard InChI is InChI=1S/C27H33N7O/c1-3-31(2)25-23-20-34(27(35)28-21-10-6-4-7-11-21)15-14-24(23)29-26(30-25)33-18-16-32(17-19-33)22-12-8-5-9-13-22/h4-13H,3,14-20H2,1-2H3,(H,28,35). The van der Waals surface area contributed by atoms with E-state index in [4.69, 9.17) is 9.97 Å². The fourth-order valence-corrected chi connectivity index (χ4v) is 4.69. The minimum absolute atomic E-state index is 0.0898. The van der Waals surface area contributed by atoms with Gasteiger partial charge >= 0.3 is 6.03 Å². The number of urea groups is 1. The lowest BCUT2D eigenvalue weighted by atomic mass is 10.1. The number of rotatable bonds is 5. The summed E-state index contributed by atoms with van der Waals surface area (Å²) in [7, 11) is 2.06. The third-order valence-corrected chi connectivity index (χ3v) is 6.86. The fraction of sp³-hybridized carbons (Fsp3) is 0.370. The quantitative estimate of drug-likeness (QED) is 0.610. The minimum atomic E-state index is -0.0898. The van der Waals surface area contributed by atoms with Crippen molar-refractivity contribution in [2.24, 2.45) is 0 Å². The van der Waals surface area contributed by atoms with Gasteiger partial charge in [0.05, 0.1) is 12.2 Å². The molecule has 0 spiro atoms. The smallest absolute Gasteiger partial charge is 0.322 e. The Balaban J connectivity index is 1.33. The van der Waals surface area contributed by atoms with Crippen molar-refractivity contribution in [3.8, 4) is 0 Å². The van der Waals surface area contributed by atoms with Crippen molar-refractivity contribution in [3.05, 3.63) is 71.9 Å². The number of nitrogens with one attached hydrogen (secondary N) is 1. The first kappa shape index (κ1) is 23.0. The van der Waals surface area contributed by atoms with Crippen molar-refractivity contribution in [1.29, 1.82) is 0 Å². The lowest BCUT2D eigenvalue weighted by Gasteiger charge is -2.37. The van der Waals surface area contributed by atoms with Crippen LogP contribution in [0.25, 0.3) is 0 Å². The number of carbonyl (C=O) groups excluding carboxylic acids is 1. The van der Waals surface area contributed by atoms with Crippen molar-refractivity contribution >= 4 is 29.2 Å². The fourth-order valence-electron chi connectivity index (χ4n) is 4.69. The Morgan fingerprint density at radius 3 is 2.26 bits per heavy atom. The predicted molar refractivity (Wildman–Crippen MR) is 141 cm³/mol. The molecule has 35 heavy (non-hydrogen) atoms. The minimum Gasteiger partial charge on any atom is -0.368 e. The first-order chi connectivity index (χ1) is 17.1. The van der Waals surface area contributed by atoms with Crippen LogP contribution in [0, 0.1) is 0 Å². The highest BCUT2D eigenvalue weighted by molar-refractivity contribution is 5.89. The molecule has 0 unspecified atom stereocenters. The van der Waals surface area contributed by atoms with E-state index in [0.717, 1.165) is 67.9 Å². The molecule has 0 aliphatic carbocycles. The lowest BCUT2D eigenvalue weighted by molar-refractivity contribution is 0.206. The van der Waals surface area contributed by atoms with Crippen LogP contribution in [-0.2, 0) is 13.0 Å². The second-order valence-corrected chi connectivity index (χ2v) is 9.06. The first-order valence-electron chi connectivity index (χ1n) is 12.4. The molecule has 0 atom stereocenters. The summed E-state index contributed by atoms with van der Waals surface area (Å²) in [5.41, 5.74) is 4.17. The molecular formula is C27H33N7O. The van der Waals surface area contributed by atoms with E-state index >= 15 is 0 Å². The summed E-state index contributed by atoms with van der Waals surface area (Å²) in [6.45, 7) is 7.75. The molecule has 2 amide bonds. The molecule has 1 N–H and O–H groups in total. The highest BCUT2D eigenvalue weighted by atomic mass is 16.2. The van der Waals surface area contributed by atoms with E-state index in [-0.39, 0.29) is 6.03 Å². The second kappa shape index (κ2) is 10.2. The van der Waals surface area contributed by atoms with Gasteiger partial charge in [-0.15, -0.1) is 0 Å². The third-order valence-electron chi connectivity index (χ3n) is 6.86. The van der Waals surface area contributed by atoms with Gasteiger partial charge in [-0.1, -0.05) is 36.4 Å². The molecule has 1 saturated heterocycles. The average Bonchev–Trinajstić information content (AvgIpc) is 2.93. The van der Waals surface area contributed by atoms with Crippen molar-refractivity contribution in [1.82, 2.24) is 14.9 Å². The van der Waals surface area contributed by atoms with Crippen LogP contribution in [0.15, 0.2) is 60.7 Å². The Bertz CT molecular complexity index is 1150. The molecule has 3 heterocycles. The number of nitrogens with zero attached hydrogens (tertiary/aromatic N) is 6. The summed E-state index contributed by atoms with van der Waals surface area (Å²) in [6.07, 6.45) is 0.724. The molecule has 2 aromatic carbocycles. The van der Waals surface area contributed by atoms with Gasteiger partial charge in [-0.25, -0.2) is 9.78 Å². The molecule has 2 aliphatic heterocycles. The van der Waals surface area contributed by atoms with Crippen molar-refractivity contribution < 1.29 is 4.79 Å². The van der Waals surface area contributed by atoms with Crippen LogP contribution in [0.3, 0.4) is 0 Å². The Morgan fingerprint density at radius 2 is 1.57 bits per heavy atom. The van der Waals surface area contributed by atoms with Crippen LogP contribution in [0.5, 0.6) is 0 Å². The van der Waals surface area contributed by atoms with Gasteiger partial charge in [0.15, 0.2) is 0 Å². The zero-order chi connectivity index (χ0) is 24.2. The molecule has 8 nitrogen and oxygen atoms in total. The van der Waals surface area contributed by atoms with Crippen LogP contribution in [0.1, 0.15) is 18.2 Å². The molecule has 3 aromatic rings. The molecule has 1 aromatic heterocycles. The summed E-state index contributed by atoms with van der Waals surface area (Å²) in [4.78, 5) is 31.7. The number of fused-ring (bicyclic) bond motifs is 1. The number of hydrogen-bond donors (Lipinski definition) is 1. The highest BCUT2D eigenvalue weighted by Gasteiger charge is 2.28. The largest absolute Gasteiger partial charge is 0.368 e. The van der Waals surface area contributed by atoms with Crippen LogP contribution in [-0.4, -0.2) is 67.2 Å². The van der Waals surface area contributed by atoms with E-state index in [1.165, 1.54) is 5.69 Å². The number of amides is 2. The normalized spacial score (nSPS) is 15.5. The Morgan fingerprint density at radius 1 is 0.914 bits per heavy atom. The number of carbonyl (C=O) groups is 1. The van der Waals surface area contributed by atoms with Crippen LogP contribution in [0.2, 0.25) is 0 Å². The maximum Gasteiger partial charge on any atom is 0.322 e. The predicted octanol–water partition coefficient (Wildman–Crippen LogP) is 3.85. The number of hydrogen-bond acceptors (Lipinski definition) is 6. The molecule has 0 saturated carbocycles. The highest BCUT2D eigenvalue weighted by Crippen LogP contribution is 2.29. The van der Waals surface area contributed by atoms with Gasteiger partial charge in [0, 0.05) is 69.7 Å². The Labute approximate surface area is 207 Å². The van der Waals surface area contributed by atoms with Crippen LogP contribution in [0.4, 0.5) is 27.9 Å². The van der Waals surface area contributed by atoms with Crippen molar-refractivity contribution in [2.75, 3.05) is 66.3 Å². The van der Waals surface area contributed by atoms with Gasteiger partial charge < -0.3 is 24.9 Å². The number of anilines is 4.